The van der Waals surface area contributed by atoms with Crippen LogP contribution in [0.1, 0.15) is 29.8 Å². The Morgan fingerprint density at radius 2 is 1.79 bits per heavy atom. The number of aryl methyl sites for hydroxylation is 1. The van der Waals surface area contributed by atoms with E-state index in [2.05, 4.69) is 4.98 Å². The van der Waals surface area contributed by atoms with Crippen molar-refractivity contribution in [2.45, 2.75) is 26.9 Å². The van der Waals surface area contributed by atoms with Gasteiger partial charge in [0.05, 0.1) is 22.9 Å². The summed E-state index contributed by atoms with van der Waals surface area (Å²) in [5.41, 5.74) is 3.45. The Bertz CT molecular complexity index is 899. The van der Waals surface area contributed by atoms with Crippen molar-refractivity contribution in [3.05, 3.63) is 59.7 Å². The highest BCUT2D eigenvalue weighted by Crippen LogP contribution is 2.27. The van der Waals surface area contributed by atoms with Crippen molar-refractivity contribution in [1.29, 1.82) is 0 Å². The van der Waals surface area contributed by atoms with Gasteiger partial charge in [-0.15, -0.1) is 0 Å². The standard InChI is InChI=1S/C20H19NO3/c1-12(2)24-15-7-5-14(6-8-15)19-11-17(20(22)23)16-10-13(3)4-9-18(16)21-19/h4-12H,1-3H3,(H,22,23). The van der Waals surface area contributed by atoms with Gasteiger partial charge in [0.25, 0.3) is 0 Å². The summed E-state index contributed by atoms with van der Waals surface area (Å²) in [4.78, 5) is 16.3. The van der Waals surface area contributed by atoms with Crippen LogP contribution in [0.4, 0.5) is 0 Å². The number of pyridine rings is 1. The average molecular weight is 321 g/mol. The van der Waals surface area contributed by atoms with Crippen molar-refractivity contribution in [1.82, 2.24) is 4.98 Å². The predicted molar refractivity (Wildman–Crippen MR) is 94.6 cm³/mol. The van der Waals surface area contributed by atoms with Gasteiger partial charge in [0.15, 0.2) is 0 Å². The first-order valence-electron chi connectivity index (χ1n) is 7.86. The van der Waals surface area contributed by atoms with Crippen molar-refractivity contribution >= 4 is 16.9 Å². The van der Waals surface area contributed by atoms with Gasteiger partial charge >= 0.3 is 5.97 Å². The molecule has 4 heteroatoms. The molecule has 0 radical (unpaired) electrons. The summed E-state index contributed by atoms with van der Waals surface area (Å²) >= 11 is 0. The SMILES string of the molecule is Cc1ccc2nc(-c3ccc(OC(C)C)cc3)cc(C(=O)O)c2c1. The molecule has 0 bridgehead atoms. The lowest BCUT2D eigenvalue weighted by atomic mass is 10.0. The third kappa shape index (κ3) is 3.23. The number of carboxylic acid groups (broad SMARTS) is 1. The van der Waals surface area contributed by atoms with E-state index >= 15 is 0 Å². The van der Waals surface area contributed by atoms with Gasteiger partial charge in [-0.3, -0.25) is 0 Å². The molecular weight excluding hydrogens is 302 g/mol. The molecule has 3 aromatic rings. The molecule has 24 heavy (non-hydrogen) atoms. The zero-order valence-electron chi connectivity index (χ0n) is 13.9. The number of carbonyl (C=O) groups is 1. The van der Waals surface area contributed by atoms with Crippen LogP contribution in [0.3, 0.4) is 0 Å². The van der Waals surface area contributed by atoms with E-state index in [4.69, 9.17) is 4.74 Å². The van der Waals surface area contributed by atoms with E-state index in [-0.39, 0.29) is 11.7 Å². The largest absolute Gasteiger partial charge is 0.491 e. The Balaban J connectivity index is 2.09. The minimum Gasteiger partial charge on any atom is -0.491 e. The summed E-state index contributed by atoms with van der Waals surface area (Å²) in [6.07, 6.45) is 0.108. The molecule has 2 aromatic carbocycles. The van der Waals surface area contributed by atoms with Gasteiger partial charge in [-0.25, -0.2) is 9.78 Å². The van der Waals surface area contributed by atoms with Gasteiger partial charge in [0, 0.05) is 10.9 Å². The van der Waals surface area contributed by atoms with Gasteiger partial charge in [-0.1, -0.05) is 11.6 Å². The molecule has 0 amide bonds. The number of carboxylic acids is 1. The van der Waals surface area contributed by atoms with Gasteiger partial charge in [0.1, 0.15) is 5.75 Å². The number of ether oxygens (including phenoxy) is 1. The average Bonchev–Trinajstić information content (AvgIpc) is 2.54. The van der Waals surface area contributed by atoms with Gasteiger partial charge in [-0.05, 0) is 63.2 Å². The number of hydrogen-bond donors (Lipinski definition) is 1. The van der Waals surface area contributed by atoms with Crippen LogP contribution in [-0.4, -0.2) is 22.2 Å². The number of fused-ring (bicyclic) bond motifs is 1. The van der Waals surface area contributed by atoms with Crippen molar-refractivity contribution < 1.29 is 14.6 Å². The Morgan fingerprint density at radius 1 is 1.08 bits per heavy atom. The highest BCUT2D eigenvalue weighted by Gasteiger charge is 2.13. The van der Waals surface area contributed by atoms with E-state index in [1.807, 2.05) is 63.2 Å². The summed E-state index contributed by atoms with van der Waals surface area (Å²) in [7, 11) is 0. The second kappa shape index (κ2) is 6.32. The van der Waals surface area contributed by atoms with Crippen molar-refractivity contribution in [2.24, 2.45) is 0 Å². The third-order valence-corrected chi connectivity index (χ3v) is 3.72. The summed E-state index contributed by atoms with van der Waals surface area (Å²) in [5.74, 6) is -0.169. The Hall–Kier alpha value is -2.88. The summed E-state index contributed by atoms with van der Waals surface area (Å²) in [6, 6.07) is 14.8. The van der Waals surface area contributed by atoms with Crippen molar-refractivity contribution in [2.75, 3.05) is 0 Å². The fourth-order valence-electron chi connectivity index (χ4n) is 2.64. The van der Waals surface area contributed by atoms with Gasteiger partial charge < -0.3 is 9.84 Å². The highest BCUT2D eigenvalue weighted by molar-refractivity contribution is 6.03. The second-order valence-electron chi connectivity index (χ2n) is 6.07. The minimum absolute atomic E-state index is 0.108. The zero-order chi connectivity index (χ0) is 17.3. The molecule has 3 rings (SSSR count). The Labute approximate surface area is 140 Å². The molecular formula is C20H19NO3. The Kier molecular flexibility index (Phi) is 4.21. The van der Waals surface area contributed by atoms with Crippen LogP contribution in [0.2, 0.25) is 0 Å². The van der Waals surface area contributed by atoms with E-state index < -0.39 is 5.97 Å². The maximum absolute atomic E-state index is 11.6. The van der Waals surface area contributed by atoms with Crippen molar-refractivity contribution in [3.63, 3.8) is 0 Å². The molecule has 1 N–H and O–H groups in total. The summed E-state index contributed by atoms with van der Waals surface area (Å²) in [6.45, 7) is 5.88. The molecule has 0 atom stereocenters. The van der Waals surface area contributed by atoms with E-state index in [9.17, 15) is 9.90 Å². The van der Waals surface area contributed by atoms with Crippen LogP contribution in [0.25, 0.3) is 22.2 Å². The topological polar surface area (TPSA) is 59.4 Å². The molecule has 0 spiro atoms. The Morgan fingerprint density at radius 3 is 2.42 bits per heavy atom. The number of aromatic carboxylic acids is 1. The maximum Gasteiger partial charge on any atom is 0.336 e. The monoisotopic (exact) mass is 321 g/mol. The minimum atomic E-state index is -0.950. The first kappa shape index (κ1) is 16.0. The molecule has 0 fully saturated rings. The fourth-order valence-corrected chi connectivity index (χ4v) is 2.64. The lowest BCUT2D eigenvalue weighted by Gasteiger charge is -2.11. The molecule has 4 nitrogen and oxygen atoms in total. The summed E-state index contributed by atoms with van der Waals surface area (Å²) in [5, 5.41) is 10.2. The fraction of sp³-hybridized carbons (Fsp3) is 0.200. The van der Waals surface area contributed by atoms with E-state index in [1.54, 1.807) is 6.07 Å². The first-order valence-corrected chi connectivity index (χ1v) is 7.86. The number of rotatable bonds is 4. The molecule has 0 saturated heterocycles. The molecule has 0 aliphatic carbocycles. The number of hydrogen-bond acceptors (Lipinski definition) is 3. The number of aromatic nitrogens is 1. The van der Waals surface area contributed by atoms with E-state index in [0.717, 1.165) is 16.9 Å². The van der Waals surface area contributed by atoms with E-state index in [0.29, 0.717) is 16.6 Å². The van der Waals surface area contributed by atoms with Crippen LogP contribution < -0.4 is 4.74 Å². The number of nitrogens with zero attached hydrogens (tertiary/aromatic N) is 1. The molecule has 0 saturated carbocycles. The van der Waals surface area contributed by atoms with E-state index in [1.165, 1.54) is 0 Å². The van der Waals surface area contributed by atoms with Gasteiger partial charge in [0.2, 0.25) is 0 Å². The molecule has 1 aromatic heterocycles. The molecule has 1 heterocycles. The lowest BCUT2D eigenvalue weighted by Crippen LogP contribution is -2.05. The van der Waals surface area contributed by atoms with Gasteiger partial charge in [-0.2, -0.15) is 0 Å². The second-order valence-corrected chi connectivity index (χ2v) is 6.07. The van der Waals surface area contributed by atoms with Crippen LogP contribution in [0.5, 0.6) is 5.75 Å². The molecule has 0 aliphatic heterocycles. The third-order valence-electron chi connectivity index (χ3n) is 3.72. The molecule has 122 valence electrons. The maximum atomic E-state index is 11.6. The van der Waals surface area contributed by atoms with Crippen molar-refractivity contribution in [3.8, 4) is 17.0 Å². The predicted octanol–water partition coefficient (Wildman–Crippen LogP) is 4.70. The van der Waals surface area contributed by atoms with Crippen LogP contribution in [-0.2, 0) is 0 Å². The van der Waals surface area contributed by atoms with Crippen LogP contribution >= 0.6 is 0 Å². The quantitative estimate of drug-likeness (QED) is 0.757. The number of benzene rings is 2. The normalized spacial score (nSPS) is 11.0. The smallest absolute Gasteiger partial charge is 0.336 e. The van der Waals surface area contributed by atoms with Crippen LogP contribution in [0, 0.1) is 6.92 Å². The molecule has 0 aliphatic rings. The lowest BCUT2D eigenvalue weighted by molar-refractivity contribution is 0.0699. The first-order chi connectivity index (χ1) is 11.4. The highest BCUT2D eigenvalue weighted by atomic mass is 16.5. The molecule has 0 unspecified atom stereocenters. The zero-order valence-corrected chi connectivity index (χ0v) is 13.9. The summed E-state index contributed by atoms with van der Waals surface area (Å²) < 4.78 is 5.64. The van der Waals surface area contributed by atoms with Crippen LogP contribution in [0.15, 0.2) is 48.5 Å².